The van der Waals surface area contributed by atoms with Crippen molar-refractivity contribution in [1.82, 2.24) is 9.66 Å². The van der Waals surface area contributed by atoms with Crippen molar-refractivity contribution >= 4 is 38.7 Å². The van der Waals surface area contributed by atoms with Gasteiger partial charge in [0.25, 0.3) is 11.2 Å². The van der Waals surface area contributed by atoms with Crippen molar-refractivity contribution in [3.63, 3.8) is 0 Å². The highest BCUT2D eigenvalue weighted by Gasteiger charge is 2.23. The Morgan fingerprint density at radius 2 is 1.90 bits per heavy atom. The molecular formula is C32H31BrN4O5. The van der Waals surface area contributed by atoms with Gasteiger partial charge < -0.3 is 9.47 Å². The zero-order chi connectivity index (χ0) is 29.6. The fourth-order valence-corrected chi connectivity index (χ4v) is 5.64. The SMILES string of the molecule is C=CCc1cc(C=Nn2c(C3CCCCC3)nc3ccc(Br)cc3c2=O)cc(OC)c1OCc1ccc([N+](=O)[O-])cc1. The standard InChI is InChI=1S/C32H31BrN4O5/c1-3-7-24-16-22(17-29(41-2)30(24)42-20-21-10-13-26(14-11-21)37(39)40)19-34-36-31(23-8-5-4-6-9-23)35-28-15-12-25(33)18-27(28)32(36)38/h3,10-19,23H,1,4-9,20H2,2H3. The molecule has 0 aliphatic heterocycles. The molecule has 1 saturated carbocycles. The summed E-state index contributed by atoms with van der Waals surface area (Å²) in [5, 5.41) is 16.1. The topological polar surface area (TPSA) is 109 Å². The van der Waals surface area contributed by atoms with E-state index in [0.717, 1.165) is 46.8 Å². The first-order chi connectivity index (χ1) is 20.4. The molecule has 9 nitrogen and oxygen atoms in total. The van der Waals surface area contributed by atoms with E-state index < -0.39 is 4.92 Å². The lowest BCUT2D eigenvalue weighted by Gasteiger charge is -2.22. The molecule has 5 rings (SSSR count). The highest BCUT2D eigenvalue weighted by Crippen LogP contribution is 2.35. The fourth-order valence-electron chi connectivity index (χ4n) is 5.28. The van der Waals surface area contributed by atoms with E-state index in [1.165, 1.54) is 23.2 Å². The minimum Gasteiger partial charge on any atom is -0.493 e. The van der Waals surface area contributed by atoms with Crippen LogP contribution in [0, 0.1) is 10.1 Å². The number of benzene rings is 3. The Bertz CT molecular complexity index is 1710. The lowest BCUT2D eigenvalue weighted by Crippen LogP contribution is -2.25. The summed E-state index contributed by atoms with van der Waals surface area (Å²) < 4.78 is 14.1. The van der Waals surface area contributed by atoms with E-state index in [0.29, 0.717) is 34.6 Å². The minimum absolute atomic E-state index is 0.0207. The van der Waals surface area contributed by atoms with E-state index >= 15 is 0 Å². The molecule has 1 heterocycles. The number of hydrogen-bond donors (Lipinski definition) is 0. The zero-order valence-corrected chi connectivity index (χ0v) is 24.9. The van der Waals surface area contributed by atoms with Crippen LogP contribution in [0.3, 0.4) is 0 Å². The number of nitrogens with zero attached hydrogens (tertiary/aromatic N) is 4. The van der Waals surface area contributed by atoms with Gasteiger partial charge in [-0.05, 0) is 72.9 Å². The van der Waals surface area contributed by atoms with Gasteiger partial charge in [-0.2, -0.15) is 9.78 Å². The van der Waals surface area contributed by atoms with Gasteiger partial charge in [-0.1, -0.05) is 41.3 Å². The van der Waals surface area contributed by atoms with Gasteiger partial charge in [-0.25, -0.2) is 4.98 Å². The molecule has 10 heteroatoms. The van der Waals surface area contributed by atoms with Crippen LogP contribution >= 0.6 is 15.9 Å². The van der Waals surface area contributed by atoms with Crippen molar-refractivity contribution in [2.75, 3.05) is 7.11 Å². The van der Waals surface area contributed by atoms with E-state index in [9.17, 15) is 14.9 Å². The maximum absolute atomic E-state index is 13.7. The summed E-state index contributed by atoms with van der Waals surface area (Å²) >= 11 is 3.47. The average Bonchev–Trinajstić information content (AvgIpc) is 3.00. The van der Waals surface area contributed by atoms with Gasteiger partial charge in [0.05, 0.1) is 29.2 Å². The third-order valence-corrected chi connectivity index (χ3v) is 7.89. The van der Waals surface area contributed by atoms with Crippen molar-refractivity contribution in [2.24, 2.45) is 5.10 Å². The van der Waals surface area contributed by atoms with Crippen molar-refractivity contribution in [3.05, 3.63) is 115 Å². The van der Waals surface area contributed by atoms with Crippen molar-refractivity contribution < 1.29 is 14.4 Å². The van der Waals surface area contributed by atoms with Crippen LogP contribution in [0.2, 0.25) is 0 Å². The van der Waals surface area contributed by atoms with Crippen LogP contribution in [0.15, 0.2) is 81.6 Å². The third kappa shape index (κ3) is 6.44. The molecule has 216 valence electrons. The Morgan fingerprint density at radius 3 is 2.60 bits per heavy atom. The number of fused-ring (bicyclic) bond motifs is 1. The van der Waals surface area contributed by atoms with Gasteiger partial charge in [-0.3, -0.25) is 14.9 Å². The monoisotopic (exact) mass is 630 g/mol. The summed E-state index contributed by atoms with van der Waals surface area (Å²) in [6.07, 6.45) is 9.27. The maximum Gasteiger partial charge on any atom is 0.282 e. The Labute approximate surface area is 251 Å². The number of ether oxygens (including phenoxy) is 2. The van der Waals surface area contributed by atoms with Crippen LogP contribution in [0.1, 0.15) is 60.5 Å². The highest BCUT2D eigenvalue weighted by molar-refractivity contribution is 9.10. The molecule has 1 aromatic heterocycles. The molecular weight excluding hydrogens is 600 g/mol. The molecule has 0 radical (unpaired) electrons. The molecule has 3 aromatic carbocycles. The number of non-ortho nitro benzene ring substituents is 1. The van der Waals surface area contributed by atoms with Crippen molar-refractivity contribution in [3.8, 4) is 11.5 Å². The number of rotatable bonds is 10. The van der Waals surface area contributed by atoms with E-state index in [4.69, 9.17) is 14.5 Å². The van der Waals surface area contributed by atoms with Crippen LogP contribution in [-0.2, 0) is 13.0 Å². The lowest BCUT2D eigenvalue weighted by atomic mass is 9.88. The second kappa shape index (κ2) is 13.1. The Balaban J connectivity index is 1.50. The molecule has 0 unspecified atom stereocenters. The van der Waals surface area contributed by atoms with Crippen LogP contribution in [-0.4, -0.2) is 27.9 Å². The number of aromatic nitrogens is 2. The maximum atomic E-state index is 13.7. The smallest absolute Gasteiger partial charge is 0.282 e. The molecule has 4 aromatic rings. The van der Waals surface area contributed by atoms with Crippen LogP contribution < -0.4 is 15.0 Å². The van der Waals surface area contributed by atoms with Gasteiger partial charge >= 0.3 is 0 Å². The third-order valence-electron chi connectivity index (χ3n) is 7.39. The summed E-state index contributed by atoms with van der Waals surface area (Å²) in [6.45, 7) is 4.08. The van der Waals surface area contributed by atoms with Crippen LogP contribution in [0.25, 0.3) is 10.9 Å². The molecule has 1 fully saturated rings. The first-order valence-electron chi connectivity index (χ1n) is 13.8. The second-order valence-electron chi connectivity index (χ2n) is 10.2. The molecule has 0 bridgehead atoms. The molecule has 0 amide bonds. The fraction of sp³-hybridized carbons (Fsp3) is 0.281. The Morgan fingerprint density at radius 1 is 1.14 bits per heavy atom. The Hall–Kier alpha value is -4.31. The number of methoxy groups -OCH3 is 1. The molecule has 42 heavy (non-hydrogen) atoms. The van der Waals surface area contributed by atoms with Gasteiger partial charge in [0, 0.05) is 28.1 Å². The highest BCUT2D eigenvalue weighted by atomic mass is 79.9. The van der Waals surface area contributed by atoms with E-state index in [-0.39, 0.29) is 23.8 Å². The molecule has 1 aliphatic rings. The van der Waals surface area contributed by atoms with E-state index in [1.807, 2.05) is 18.2 Å². The quantitative estimate of drug-likeness (QED) is 0.0786. The van der Waals surface area contributed by atoms with Crippen LogP contribution in [0.4, 0.5) is 5.69 Å². The second-order valence-corrected chi connectivity index (χ2v) is 11.2. The first kappa shape index (κ1) is 29.2. The summed E-state index contributed by atoms with van der Waals surface area (Å²) in [5.41, 5.74) is 2.81. The molecule has 0 atom stereocenters. The van der Waals surface area contributed by atoms with Crippen molar-refractivity contribution in [1.29, 1.82) is 0 Å². The average molecular weight is 632 g/mol. The summed E-state index contributed by atoms with van der Waals surface area (Å²) in [6, 6.07) is 15.5. The summed E-state index contributed by atoms with van der Waals surface area (Å²) in [7, 11) is 1.56. The summed E-state index contributed by atoms with van der Waals surface area (Å²) in [4.78, 5) is 29.1. The number of allylic oxidation sites excluding steroid dienone is 1. The summed E-state index contributed by atoms with van der Waals surface area (Å²) in [5.74, 6) is 1.90. The van der Waals surface area contributed by atoms with Crippen molar-refractivity contribution in [2.45, 2.75) is 51.0 Å². The van der Waals surface area contributed by atoms with Gasteiger partial charge in [-0.15, -0.1) is 6.58 Å². The molecule has 0 N–H and O–H groups in total. The predicted octanol–water partition coefficient (Wildman–Crippen LogP) is 7.31. The lowest BCUT2D eigenvalue weighted by molar-refractivity contribution is -0.384. The molecule has 0 saturated heterocycles. The van der Waals surface area contributed by atoms with Gasteiger partial charge in [0.1, 0.15) is 12.4 Å². The first-order valence-corrected chi connectivity index (χ1v) is 14.6. The number of hydrogen-bond acceptors (Lipinski definition) is 7. The van der Waals surface area contributed by atoms with E-state index in [1.54, 1.807) is 43.7 Å². The Kier molecular flexibility index (Phi) is 9.12. The predicted molar refractivity (Wildman–Crippen MR) is 167 cm³/mol. The van der Waals surface area contributed by atoms with Crippen LogP contribution in [0.5, 0.6) is 11.5 Å². The van der Waals surface area contributed by atoms with Gasteiger partial charge in [0.2, 0.25) is 0 Å². The molecule has 1 aliphatic carbocycles. The zero-order valence-electron chi connectivity index (χ0n) is 23.3. The van der Waals surface area contributed by atoms with Gasteiger partial charge in [0.15, 0.2) is 11.5 Å². The minimum atomic E-state index is -0.435. The largest absolute Gasteiger partial charge is 0.493 e. The number of halogens is 1. The van der Waals surface area contributed by atoms with E-state index in [2.05, 4.69) is 27.6 Å². The molecule has 0 spiro atoms. The number of nitro benzene ring substituents is 1. The number of nitro groups is 1. The normalized spacial score (nSPS) is 13.9.